The second-order valence-electron chi connectivity index (χ2n) is 3.64. The molecule has 3 nitrogen and oxygen atoms in total. The maximum absolute atomic E-state index is 11.8. The lowest BCUT2D eigenvalue weighted by atomic mass is 10.1. The van der Waals surface area contributed by atoms with E-state index >= 15 is 0 Å². The van der Waals surface area contributed by atoms with Crippen LogP contribution < -0.4 is 5.32 Å². The third kappa shape index (κ3) is 2.79. The van der Waals surface area contributed by atoms with Gasteiger partial charge in [0.1, 0.15) is 0 Å². The van der Waals surface area contributed by atoms with Crippen LogP contribution in [0.4, 0.5) is 0 Å². The van der Waals surface area contributed by atoms with E-state index in [0.29, 0.717) is 11.3 Å². The number of hydrogen-bond acceptors (Lipinski definition) is 2. The first-order valence-electron chi connectivity index (χ1n) is 5.14. The fraction of sp³-hybridized carbons (Fsp3) is 0.231. The lowest BCUT2D eigenvalue weighted by molar-refractivity contribution is 0.0968. The molecule has 0 saturated carbocycles. The molecule has 0 unspecified atom stereocenters. The third-order valence-electron chi connectivity index (χ3n) is 2.49. The van der Waals surface area contributed by atoms with E-state index < -0.39 is 0 Å². The summed E-state index contributed by atoms with van der Waals surface area (Å²) in [5.41, 5.74) is 3.37. The smallest absolute Gasteiger partial charge is 0.255 e. The number of carbonyl (C=O) groups excluding carboxylic acids is 1. The second kappa shape index (κ2) is 5.26. The van der Waals surface area contributed by atoms with Crippen molar-refractivity contribution in [2.75, 3.05) is 0 Å². The first-order valence-corrected chi connectivity index (χ1v) is 5.14. The average Bonchev–Trinajstić information content (AvgIpc) is 2.29. The van der Waals surface area contributed by atoms with Crippen LogP contribution in [0.1, 0.15) is 28.4 Å². The van der Waals surface area contributed by atoms with Crippen LogP contribution >= 0.6 is 0 Å². The molecule has 0 bridgehead atoms. The Morgan fingerprint density at radius 1 is 1.31 bits per heavy atom. The van der Waals surface area contributed by atoms with Crippen LogP contribution in [-0.4, -0.2) is 12.1 Å². The number of benzene rings is 1. The van der Waals surface area contributed by atoms with Gasteiger partial charge >= 0.3 is 0 Å². The van der Waals surface area contributed by atoms with E-state index in [1.165, 1.54) is 0 Å². The van der Waals surface area contributed by atoms with Gasteiger partial charge in [0.05, 0.1) is 5.70 Å². The largest absolute Gasteiger partial charge is 0.321 e. The number of amides is 1. The molecule has 1 aromatic rings. The molecule has 0 fully saturated rings. The molecule has 1 rings (SSSR count). The number of allylic oxidation sites excluding steroid dienone is 2. The predicted octanol–water partition coefficient (Wildman–Crippen LogP) is 2.59. The molecule has 0 aliphatic heterocycles. The van der Waals surface area contributed by atoms with Crippen LogP contribution in [0.25, 0.3) is 0 Å². The van der Waals surface area contributed by atoms with Gasteiger partial charge < -0.3 is 10.7 Å². The van der Waals surface area contributed by atoms with Crippen LogP contribution in [0.3, 0.4) is 0 Å². The van der Waals surface area contributed by atoms with E-state index in [-0.39, 0.29) is 5.91 Å². The molecule has 1 amide bonds. The third-order valence-corrected chi connectivity index (χ3v) is 2.49. The van der Waals surface area contributed by atoms with Gasteiger partial charge in [-0.05, 0) is 44.0 Å². The summed E-state index contributed by atoms with van der Waals surface area (Å²) in [5, 5.41) is 9.74. The first kappa shape index (κ1) is 12.2. The fourth-order valence-corrected chi connectivity index (χ4v) is 1.28. The van der Waals surface area contributed by atoms with Crippen molar-refractivity contribution in [1.29, 1.82) is 5.41 Å². The zero-order valence-corrected chi connectivity index (χ0v) is 9.79. The number of hydrogen-bond donors (Lipinski definition) is 2. The van der Waals surface area contributed by atoms with Crippen molar-refractivity contribution in [2.24, 2.45) is 0 Å². The van der Waals surface area contributed by atoms with Gasteiger partial charge in [0.25, 0.3) is 5.91 Å². The molecule has 0 aromatic heterocycles. The number of rotatable bonds is 3. The molecule has 1 aromatic carbocycles. The van der Waals surface area contributed by atoms with E-state index in [1.54, 1.807) is 19.1 Å². The number of carbonyl (C=O) groups is 1. The topological polar surface area (TPSA) is 53.0 Å². The van der Waals surface area contributed by atoms with Gasteiger partial charge in [0, 0.05) is 11.8 Å². The molecule has 3 heteroatoms. The van der Waals surface area contributed by atoms with Crippen LogP contribution in [0.2, 0.25) is 0 Å². The van der Waals surface area contributed by atoms with Crippen molar-refractivity contribution in [3.8, 4) is 0 Å². The minimum Gasteiger partial charge on any atom is -0.321 e. The molecule has 0 spiro atoms. The van der Waals surface area contributed by atoms with E-state index in [1.807, 2.05) is 26.0 Å². The fourth-order valence-electron chi connectivity index (χ4n) is 1.28. The van der Waals surface area contributed by atoms with E-state index in [0.717, 1.165) is 17.3 Å². The SMILES string of the molecule is C/C=C(\C=N)NC(=O)c1ccc(C)c(C)c1. The summed E-state index contributed by atoms with van der Waals surface area (Å²) in [6.45, 7) is 5.76. The van der Waals surface area contributed by atoms with Gasteiger partial charge in [0.2, 0.25) is 0 Å². The van der Waals surface area contributed by atoms with Gasteiger partial charge in [-0.15, -0.1) is 0 Å². The summed E-state index contributed by atoms with van der Waals surface area (Å²) in [7, 11) is 0. The molecule has 0 aliphatic rings. The Labute approximate surface area is 95.7 Å². The highest BCUT2D eigenvalue weighted by Crippen LogP contribution is 2.09. The van der Waals surface area contributed by atoms with Crippen LogP contribution in [-0.2, 0) is 0 Å². The van der Waals surface area contributed by atoms with E-state index in [9.17, 15) is 4.79 Å². The maximum Gasteiger partial charge on any atom is 0.255 e. The van der Waals surface area contributed by atoms with Crippen molar-refractivity contribution in [2.45, 2.75) is 20.8 Å². The molecule has 0 heterocycles. The number of aryl methyl sites for hydroxylation is 2. The Kier molecular flexibility index (Phi) is 4.00. The van der Waals surface area contributed by atoms with Crippen molar-refractivity contribution in [3.63, 3.8) is 0 Å². The van der Waals surface area contributed by atoms with Crippen LogP contribution in [0.15, 0.2) is 30.0 Å². The van der Waals surface area contributed by atoms with Gasteiger partial charge in [-0.1, -0.05) is 12.1 Å². The Bertz CT molecular complexity index is 447. The lowest BCUT2D eigenvalue weighted by Crippen LogP contribution is -2.23. The Morgan fingerprint density at radius 2 is 2.00 bits per heavy atom. The Balaban J connectivity index is 2.89. The van der Waals surface area contributed by atoms with Gasteiger partial charge in [-0.25, -0.2) is 0 Å². The molecule has 0 saturated heterocycles. The summed E-state index contributed by atoms with van der Waals surface area (Å²) in [4.78, 5) is 11.8. The monoisotopic (exact) mass is 216 g/mol. The van der Waals surface area contributed by atoms with Gasteiger partial charge in [-0.2, -0.15) is 0 Å². The normalized spacial score (nSPS) is 11.1. The van der Waals surface area contributed by atoms with Crippen LogP contribution in [0, 0.1) is 19.3 Å². The molecule has 2 N–H and O–H groups in total. The standard InChI is InChI=1S/C13H16N2O/c1-4-12(8-14)15-13(16)11-6-5-9(2)10(3)7-11/h4-8,14H,1-3H3,(H,15,16)/b12-4+,14-8?. The van der Waals surface area contributed by atoms with Crippen LogP contribution in [0.5, 0.6) is 0 Å². The molecular formula is C13H16N2O. The molecule has 16 heavy (non-hydrogen) atoms. The molecular weight excluding hydrogens is 200 g/mol. The Morgan fingerprint density at radius 3 is 2.50 bits per heavy atom. The van der Waals surface area contributed by atoms with E-state index in [2.05, 4.69) is 5.32 Å². The Hall–Kier alpha value is -1.90. The summed E-state index contributed by atoms with van der Waals surface area (Å²) >= 11 is 0. The molecule has 0 radical (unpaired) electrons. The summed E-state index contributed by atoms with van der Waals surface area (Å²) in [6.07, 6.45) is 2.81. The highest BCUT2D eigenvalue weighted by atomic mass is 16.1. The highest BCUT2D eigenvalue weighted by Gasteiger charge is 2.06. The van der Waals surface area contributed by atoms with Crippen molar-refractivity contribution in [3.05, 3.63) is 46.7 Å². The predicted molar refractivity (Wildman–Crippen MR) is 65.9 cm³/mol. The van der Waals surface area contributed by atoms with E-state index in [4.69, 9.17) is 5.41 Å². The van der Waals surface area contributed by atoms with Crippen molar-refractivity contribution in [1.82, 2.24) is 5.32 Å². The zero-order valence-electron chi connectivity index (χ0n) is 9.79. The summed E-state index contributed by atoms with van der Waals surface area (Å²) < 4.78 is 0. The number of nitrogens with one attached hydrogen (secondary N) is 2. The lowest BCUT2D eigenvalue weighted by Gasteiger charge is -2.06. The molecule has 0 aliphatic carbocycles. The maximum atomic E-state index is 11.8. The second-order valence-corrected chi connectivity index (χ2v) is 3.64. The average molecular weight is 216 g/mol. The summed E-state index contributed by atoms with van der Waals surface area (Å²) in [5.74, 6) is -0.181. The molecule has 0 atom stereocenters. The van der Waals surface area contributed by atoms with Crippen molar-refractivity contribution >= 4 is 12.1 Å². The highest BCUT2D eigenvalue weighted by molar-refractivity contribution is 5.98. The first-order chi connectivity index (χ1) is 7.58. The minimum atomic E-state index is -0.181. The summed E-state index contributed by atoms with van der Waals surface area (Å²) in [6, 6.07) is 5.56. The van der Waals surface area contributed by atoms with Gasteiger partial charge in [-0.3, -0.25) is 4.79 Å². The minimum absolute atomic E-state index is 0.181. The zero-order chi connectivity index (χ0) is 12.1. The van der Waals surface area contributed by atoms with Gasteiger partial charge in [0.15, 0.2) is 0 Å². The van der Waals surface area contributed by atoms with Crippen molar-refractivity contribution < 1.29 is 4.79 Å². The quantitative estimate of drug-likeness (QED) is 0.750. The molecule has 84 valence electrons.